The van der Waals surface area contributed by atoms with Crippen LogP contribution in [0.25, 0.3) is 0 Å². The van der Waals surface area contributed by atoms with Crippen LogP contribution in [0, 0.1) is 6.92 Å². The number of hydrogen-bond acceptors (Lipinski definition) is 3. The predicted molar refractivity (Wildman–Crippen MR) is 75.5 cm³/mol. The van der Waals surface area contributed by atoms with E-state index < -0.39 is 0 Å². The first-order valence-electron chi connectivity index (χ1n) is 6.46. The summed E-state index contributed by atoms with van der Waals surface area (Å²) < 4.78 is 2.08. The maximum Gasteiger partial charge on any atom is 0.254 e. The van der Waals surface area contributed by atoms with Gasteiger partial charge in [0.2, 0.25) is 0 Å². The van der Waals surface area contributed by atoms with Gasteiger partial charge in [-0.25, -0.2) is 4.98 Å². The summed E-state index contributed by atoms with van der Waals surface area (Å²) in [6.45, 7) is 3.61. The molecule has 0 radical (unpaired) electrons. The number of aromatic nitrogens is 2. The summed E-state index contributed by atoms with van der Waals surface area (Å²) in [6.07, 6.45) is 3.04. The van der Waals surface area contributed by atoms with Crippen molar-refractivity contribution in [1.82, 2.24) is 14.5 Å². The number of imidazole rings is 1. The highest BCUT2D eigenvalue weighted by molar-refractivity contribution is 7.08. The molecular weight excluding hydrogens is 258 g/mol. The van der Waals surface area contributed by atoms with Crippen LogP contribution in [0.5, 0.6) is 0 Å². The van der Waals surface area contributed by atoms with Gasteiger partial charge in [-0.05, 0) is 24.8 Å². The fourth-order valence-electron chi connectivity index (χ4n) is 2.74. The summed E-state index contributed by atoms with van der Waals surface area (Å²) >= 11 is 1.57. The van der Waals surface area contributed by atoms with Crippen molar-refractivity contribution in [3.8, 4) is 0 Å². The molecule has 2 aromatic rings. The van der Waals surface area contributed by atoms with Crippen molar-refractivity contribution >= 4 is 17.2 Å². The Kier molecular flexibility index (Phi) is 3.14. The third-order valence-corrected chi connectivity index (χ3v) is 4.32. The van der Waals surface area contributed by atoms with Gasteiger partial charge in [0.1, 0.15) is 5.82 Å². The highest BCUT2D eigenvalue weighted by atomic mass is 32.1. The molecule has 19 heavy (non-hydrogen) atoms. The topological polar surface area (TPSA) is 38.1 Å². The van der Waals surface area contributed by atoms with Gasteiger partial charge in [0.05, 0.1) is 11.3 Å². The second-order valence-electron chi connectivity index (χ2n) is 5.10. The Morgan fingerprint density at radius 2 is 2.37 bits per heavy atom. The molecule has 0 aliphatic carbocycles. The SMILES string of the molecule is Cc1cn(C)c([C@H]2CCN(C(=O)c3ccsc3)C2)n1. The summed E-state index contributed by atoms with van der Waals surface area (Å²) in [4.78, 5) is 18.8. The van der Waals surface area contributed by atoms with E-state index in [2.05, 4.69) is 9.55 Å². The quantitative estimate of drug-likeness (QED) is 0.844. The summed E-state index contributed by atoms with van der Waals surface area (Å²) in [5, 5.41) is 3.86. The molecule has 3 rings (SSSR count). The predicted octanol–water partition coefficient (Wildman–Crippen LogP) is 2.42. The van der Waals surface area contributed by atoms with Gasteiger partial charge < -0.3 is 9.47 Å². The monoisotopic (exact) mass is 275 g/mol. The van der Waals surface area contributed by atoms with Crippen LogP contribution in [0.3, 0.4) is 0 Å². The van der Waals surface area contributed by atoms with Gasteiger partial charge in [0, 0.05) is 37.6 Å². The number of thiophene rings is 1. The third-order valence-electron chi connectivity index (χ3n) is 3.64. The van der Waals surface area contributed by atoms with E-state index in [-0.39, 0.29) is 5.91 Å². The lowest BCUT2D eigenvalue weighted by Gasteiger charge is -2.15. The van der Waals surface area contributed by atoms with Gasteiger partial charge >= 0.3 is 0 Å². The summed E-state index contributed by atoms with van der Waals surface area (Å²) in [5.74, 6) is 1.61. The van der Waals surface area contributed by atoms with Crippen molar-refractivity contribution in [2.24, 2.45) is 7.05 Å². The van der Waals surface area contributed by atoms with Gasteiger partial charge in [-0.2, -0.15) is 11.3 Å². The molecule has 1 atom stereocenters. The molecule has 100 valence electrons. The molecule has 0 N–H and O–H groups in total. The molecule has 1 fully saturated rings. The fraction of sp³-hybridized carbons (Fsp3) is 0.429. The molecule has 1 saturated heterocycles. The second-order valence-corrected chi connectivity index (χ2v) is 5.88. The van der Waals surface area contributed by atoms with Crippen molar-refractivity contribution in [2.45, 2.75) is 19.3 Å². The fourth-order valence-corrected chi connectivity index (χ4v) is 3.37. The highest BCUT2D eigenvalue weighted by Gasteiger charge is 2.30. The first kappa shape index (κ1) is 12.4. The Bertz CT molecular complexity index is 588. The first-order chi connectivity index (χ1) is 9.15. The van der Waals surface area contributed by atoms with Crippen molar-refractivity contribution in [1.29, 1.82) is 0 Å². The molecule has 4 nitrogen and oxygen atoms in total. The van der Waals surface area contributed by atoms with Gasteiger partial charge in [0.25, 0.3) is 5.91 Å². The maximum absolute atomic E-state index is 12.3. The first-order valence-corrected chi connectivity index (χ1v) is 7.41. The number of nitrogens with zero attached hydrogens (tertiary/aromatic N) is 3. The Labute approximate surface area is 116 Å². The average molecular weight is 275 g/mol. The zero-order chi connectivity index (χ0) is 13.4. The molecule has 0 saturated carbocycles. The third kappa shape index (κ3) is 2.30. The van der Waals surface area contributed by atoms with E-state index in [1.165, 1.54) is 0 Å². The number of likely N-dealkylation sites (tertiary alicyclic amines) is 1. The highest BCUT2D eigenvalue weighted by Crippen LogP contribution is 2.27. The van der Waals surface area contributed by atoms with Crippen LogP contribution in [0.15, 0.2) is 23.0 Å². The Balaban J connectivity index is 1.74. The van der Waals surface area contributed by atoms with Crippen LogP contribution in [-0.2, 0) is 7.05 Å². The number of carbonyl (C=O) groups is 1. The van der Waals surface area contributed by atoms with Gasteiger partial charge in [-0.1, -0.05) is 0 Å². The molecule has 0 aromatic carbocycles. The minimum absolute atomic E-state index is 0.148. The Hall–Kier alpha value is -1.62. The van der Waals surface area contributed by atoms with E-state index in [0.717, 1.165) is 36.6 Å². The van der Waals surface area contributed by atoms with E-state index in [9.17, 15) is 4.79 Å². The normalized spacial score (nSPS) is 19.1. The molecule has 1 aliphatic heterocycles. The molecule has 0 spiro atoms. The van der Waals surface area contributed by atoms with Crippen LogP contribution in [-0.4, -0.2) is 33.4 Å². The minimum atomic E-state index is 0.148. The van der Waals surface area contributed by atoms with E-state index in [4.69, 9.17) is 0 Å². The molecule has 5 heteroatoms. The largest absolute Gasteiger partial charge is 0.338 e. The zero-order valence-corrected chi connectivity index (χ0v) is 12.0. The van der Waals surface area contributed by atoms with Crippen LogP contribution in [0.4, 0.5) is 0 Å². The van der Waals surface area contributed by atoms with E-state index >= 15 is 0 Å². The van der Waals surface area contributed by atoms with Gasteiger partial charge in [-0.15, -0.1) is 0 Å². The van der Waals surface area contributed by atoms with Crippen molar-refractivity contribution < 1.29 is 4.79 Å². The van der Waals surface area contributed by atoms with E-state index in [0.29, 0.717) is 5.92 Å². The van der Waals surface area contributed by atoms with Crippen LogP contribution < -0.4 is 0 Å². The smallest absolute Gasteiger partial charge is 0.254 e. The van der Waals surface area contributed by atoms with E-state index in [1.807, 2.05) is 41.9 Å². The summed E-state index contributed by atoms with van der Waals surface area (Å²) in [7, 11) is 2.03. The molecule has 2 aromatic heterocycles. The Morgan fingerprint density at radius 3 is 3.00 bits per heavy atom. The summed E-state index contributed by atoms with van der Waals surface area (Å²) in [5.41, 5.74) is 1.85. The van der Waals surface area contributed by atoms with Crippen molar-refractivity contribution in [2.75, 3.05) is 13.1 Å². The van der Waals surface area contributed by atoms with Crippen LogP contribution >= 0.6 is 11.3 Å². The molecule has 1 aliphatic rings. The zero-order valence-electron chi connectivity index (χ0n) is 11.2. The van der Waals surface area contributed by atoms with Crippen LogP contribution in [0.2, 0.25) is 0 Å². The standard InChI is InChI=1S/C14H17N3OS/c1-10-7-16(2)13(15-10)11-3-5-17(8-11)14(18)12-4-6-19-9-12/h4,6-7,9,11H,3,5,8H2,1-2H3/t11-/m0/s1. The minimum Gasteiger partial charge on any atom is -0.338 e. The number of amides is 1. The van der Waals surface area contributed by atoms with Gasteiger partial charge in [-0.3, -0.25) is 4.79 Å². The molecule has 3 heterocycles. The van der Waals surface area contributed by atoms with Crippen molar-refractivity contribution in [3.63, 3.8) is 0 Å². The number of aryl methyl sites for hydroxylation is 2. The Morgan fingerprint density at radius 1 is 1.53 bits per heavy atom. The number of hydrogen-bond donors (Lipinski definition) is 0. The molecular formula is C14H17N3OS. The number of carbonyl (C=O) groups excluding carboxylic acids is 1. The van der Waals surface area contributed by atoms with Crippen molar-refractivity contribution in [3.05, 3.63) is 40.1 Å². The summed E-state index contributed by atoms with van der Waals surface area (Å²) in [6, 6.07) is 1.89. The average Bonchev–Trinajstić information content (AvgIpc) is 3.08. The number of rotatable bonds is 2. The van der Waals surface area contributed by atoms with E-state index in [1.54, 1.807) is 11.3 Å². The molecule has 0 bridgehead atoms. The van der Waals surface area contributed by atoms with Crippen LogP contribution in [0.1, 0.15) is 34.2 Å². The molecule has 1 amide bonds. The lowest BCUT2D eigenvalue weighted by atomic mass is 10.1. The second kappa shape index (κ2) is 4.81. The lowest BCUT2D eigenvalue weighted by molar-refractivity contribution is 0.0791. The maximum atomic E-state index is 12.3. The van der Waals surface area contributed by atoms with Gasteiger partial charge in [0.15, 0.2) is 0 Å². The molecule has 0 unspecified atom stereocenters. The lowest BCUT2D eigenvalue weighted by Crippen LogP contribution is -2.28.